The summed E-state index contributed by atoms with van der Waals surface area (Å²) in [5.74, 6) is 0.177. The number of allylic oxidation sites excluding steroid dienone is 1. The standard InChI is InChI=1S/C22H22N2O3/c1-2-27-20-21-11-6-12-22(21,23-20)15-10-9-14(21)16-17(15)19(26)24(18(16)25)13-7-4-3-5-8-13/h3-5,7-10,14-17H,2,6,11-12H2,1H3/t14-,15-,16-,17-,21-,22-/m1/s1. The van der Waals surface area contributed by atoms with Crippen LogP contribution < -0.4 is 4.90 Å². The first-order chi connectivity index (χ1) is 13.2. The van der Waals surface area contributed by atoms with E-state index in [0.717, 1.165) is 25.2 Å². The number of para-hydroxylation sites is 1. The number of benzene rings is 1. The summed E-state index contributed by atoms with van der Waals surface area (Å²) in [5, 5.41) is 0. The molecule has 3 fully saturated rings. The van der Waals surface area contributed by atoms with E-state index in [9.17, 15) is 9.59 Å². The van der Waals surface area contributed by atoms with E-state index in [4.69, 9.17) is 9.73 Å². The lowest BCUT2D eigenvalue weighted by Gasteiger charge is -2.64. The van der Waals surface area contributed by atoms with E-state index in [1.165, 1.54) is 4.90 Å². The van der Waals surface area contributed by atoms with Crippen molar-refractivity contribution >= 4 is 23.4 Å². The topological polar surface area (TPSA) is 59.0 Å². The Morgan fingerprint density at radius 2 is 1.78 bits per heavy atom. The Morgan fingerprint density at radius 3 is 2.52 bits per heavy atom. The molecule has 5 nitrogen and oxygen atoms in total. The summed E-state index contributed by atoms with van der Waals surface area (Å²) in [6.07, 6.45) is 7.46. The molecule has 1 aromatic carbocycles. The van der Waals surface area contributed by atoms with Crippen molar-refractivity contribution in [3.8, 4) is 0 Å². The van der Waals surface area contributed by atoms with Crippen LogP contribution in [-0.4, -0.2) is 29.9 Å². The summed E-state index contributed by atoms with van der Waals surface area (Å²) < 4.78 is 5.93. The molecule has 2 aliphatic heterocycles. The Bertz CT molecular complexity index is 923. The molecule has 138 valence electrons. The van der Waals surface area contributed by atoms with Gasteiger partial charge in [0.05, 0.1) is 35.1 Å². The number of rotatable bonds is 2. The molecule has 7 rings (SSSR count). The first-order valence-electron chi connectivity index (χ1n) is 10.00. The van der Waals surface area contributed by atoms with Crippen molar-refractivity contribution in [3.63, 3.8) is 0 Å². The van der Waals surface area contributed by atoms with E-state index in [0.29, 0.717) is 12.3 Å². The number of imide groups is 1. The van der Waals surface area contributed by atoms with Crippen LogP contribution in [-0.2, 0) is 14.3 Å². The van der Waals surface area contributed by atoms with Crippen LogP contribution in [0.1, 0.15) is 26.2 Å². The molecular weight excluding hydrogens is 340 g/mol. The molecule has 6 atom stereocenters. The number of hydrogen-bond acceptors (Lipinski definition) is 4. The highest BCUT2D eigenvalue weighted by atomic mass is 16.5. The minimum absolute atomic E-state index is 0.00404. The third-order valence-electron chi connectivity index (χ3n) is 7.70. The molecule has 0 spiro atoms. The molecule has 6 aliphatic rings. The van der Waals surface area contributed by atoms with E-state index in [-0.39, 0.29) is 46.4 Å². The first-order valence-corrected chi connectivity index (χ1v) is 10.00. The molecule has 27 heavy (non-hydrogen) atoms. The molecule has 5 heteroatoms. The molecule has 2 heterocycles. The van der Waals surface area contributed by atoms with E-state index >= 15 is 0 Å². The van der Waals surface area contributed by atoms with Gasteiger partial charge < -0.3 is 4.74 Å². The maximum absolute atomic E-state index is 13.5. The molecule has 4 aliphatic carbocycles. The Balaban J connectivity index is 1.49. The Morgan fingerprint density at radius 1 is 1.07 bits per heavy atom. The van der Waals surface area contributed by atoms with Crippen molar-refractivity contribution in [1.82, 2.24) is 0 Å². The summed E-state index contributed by atoms with van der Waals surface area (Å²) in [6, 6.07) is 9.33. The number of anilines is 1. The normalized spacial score (nSPS) is 43.1. The molecule has 1 saturated heterocycles. The van der Waals surface area contributed by atoms with Gasteiger partial charge in [0.25, 0.3) is 0 Å². The van der Waals surface area contributed by atoms with Crippen molar-refractivity contribution in [1.29, 1.82) is 0 Å². The van der Waals surface area contributed by atoms with Crippen LogP contribution >= 0.6 is 0 Å². The van der Waals surface area contributed by atoms with Gasteiger partial charge in [0.15, 0.2) is 5.90 Å². The first kappa shape index (κ1) is 15.6. The van der Waals surface area contributed by atoms with Gasteiger partial charge in [-0.15, -0.1) is 0 Å². The summed E-state index contributed by atoms with van der Waals surface area (Å²) in [4.78, 5) is 33.3. The monoisotopic (exact) mass is 362 g/mol. The number of nitrogens with zero attached hydrogens (tertiary/aromatic N) is 2. The second kappa shape index (κ2) is 4.89. The Kier molecular flexibility index (Phi) is 2.83. The summed E-state index contributed by atoms with van der Waals surface area (Å²) in [6.45, 7) is 2.57. The van der Waals surface area contributed by atoms with Gasteiger partial charge in [-0.3, -0.25) is 14.5 Å². The van der Waals surface area contributed by atoms with E-state index in [2.05, 4.69) is 12.2 Å². The summed E-state index contributed by atoms with van der Waals surface area (Å²) in [7, 11) is 0. The minimum atomic E-state index is -0.287. The van der Waals surface area contributed by atoms with Crippen LogP contribution in [0.25, 0.3) is 0 Å². The zero-order chi connectivity index (χ0) is 18.4. The largest absolute Gasteiger partial charge is 0.481 e. The molecule has 1 aromatic rings. The fourth-order valence-corrected chi connectivity index (χ4v) is 6.89. The maximum atomic E-state index is 13.5. The molecule has 0 radical (unpaired) electrons. The van der Waals surface area contributed by atoms with Crippen LogP contribution in [0.4, 0.5) is 5.69 Å². The minimum Gasteiger partial charge on any atom is -0.481 e. The van der Waals surface area contributed by atoms with Gasteiger partial charge >= 0.3 is 0 Å². The zero-order valence-electron chi connectivity index (χ0n) is 15.3. The van der Waals surface area contributed by atoms with E-state index in [1.807, 2.05) is 37.3 Å². The zero-order valence-corrected chi connectivity index (χ0v) is 15.3. The van der Waals surface area contributed by atoms with Gasteiger partial charge in [-0.25, -0.2) is 4.99 Å². The lowest BCUT2D eigenvalue weighted by Crippen LogP contribution is -2.72. The average Bonchev–Trinajstić information content (AvgIpc) is 3.16. The molecule has 0 aromatic heterocycles. The highest BCUT2D eigenvalue weighted by molar-refractivity contribution is 6.23. The number of amides is 2. The molecule has 0 N–H and O–H groups in total. The van der Waals surface area contributed by atoms with E-state index in [1.54, 1.807) is 0 Å². The number of ether oxygens (including phenoxy) is 1. The Labute approximate surface area is 158 Å². The third kappa shape index (κ3) is 1.50. The Hall–Kier alpha value is -2.43. The van der Waals surface area contributed by atoms with Gasteiger partial charge in [0.2, 0.25) is 11.8 Å². The highest BCUT2D eigenvalue weighted by Gasteiger charge is 2.80. The molecular formula is C22H22N2O3. The second-order valence-electron chi connectivity index (χ2n) is 8.43. The third-order valence-corrected chi connectivity index (χ3v) is 7.70. The van der Waals surface area contributed by atoms with E-state index < -0.39 is 0 Å². The molecule has 2 bridgehead atoms. The summed E-state index contributed by atoms with van der Waals surface area (Å²) in [5.41, 5.74) is 0.271. The fourth-order valence-electron chi connectivity index (χ4n) is 6.89. The van der Waals surface area contributed by atoms with Gasteiger partial charge in [-0.1, -0.05) is 30.4 Å². The van der Waals surface area contributed by atoms with Crippen LogP contribution in [0.3, 0.4) is 0 Å². The highest BCUT2D eigenvalue weighted by Crippen LogP contribution is 2.74. The quantitative estimate of drug-likeness (QED) is 0.600. The van der Waals surface area contributed by atoms with Crippen molar-refractivity contribution in [2.75, 3.05) is 11.5 Å². The molecule has 2 amide bonds. The van der Waals surface area contributed by atoms with Crippen molar-refractivity contribution in [2.24, 2.45) is 34.1 Å². The van der Waals surface area contributed by atoms with Crippen molar-refractivity contribution < 1.29 is 14.3 Å². The number of hydrogen-bond donors (Lipinski definition) is 0. The fraction of sp³-hybridized carbons (Fsp3) is 0.500. The lowest BCUT2D eigenvalue weighted by molar-refractivity contribution is -0.135. The number of aliphatic imine (C=N–C) groups is 1. The smallest absolute Gasteiger partial charge is 0.238 e. The summed E-state index contributed by atoms with van der Waals surface area (Å²) >= 11 is 0. The molecule has 0 unspecified atom stereocenters. The van der Waals surface area contributed by atoms with Crippen molar-refractivity contribution in [3.05, 3.63) is 42.5 Å². The predicted molar refractivity (Wildman–Crippen MR) is 100 cm³/mol. The van der Waals surface area contributed by atoms with Gasteiger partial charge in [-0.2, -0.15) is 0 Å². The van der Waals surface area contributed by atoms with Crippen LogP contribution in [0, 0.1) is 29.1 Å². The van der Waals surface area contributed by atoms with Crippen LogP contribution in [0.5, 0.6) is 0 Å². The molecule has 2 saturated carbocycles. The number of carbonyl (C=O) groups is 2. The van der Waals surface area contributed by atoms with Gasteiger partial charge in [-0.05, 0) is 38.3 Å². The lowest BCUT2D eigenvalue weighted by atomic mass is 9.42. The van der Waals surface area contributed by atoms with Gasteiger partial charge in [0.1, 0.15) is 0 Å². The maximum Gasteiger partial charge on any atom is 0.238 e. The van der Waals surface area contributed by atoms with Crippen LogP contribution in [0.15, 0.2) is 47.5 Å². The average molecular weight is 362 g/mol. The predicted octanol–water partition coefficient (Wildman–Crippen LogP) is 2.97. The number of carbonyl (C=O) groups excluding carboxylic acids is 2. The second-order valence-corrected chi connectivity index (χ2v) is 8.43. The van der Waals surface area contributed by atoms with Gasteiger partial charge in [0, 0.05) is 11.8 Å². The SMILES string of the molecule is CCOC1=N[C@@]23CCC[C@@]12[C@@H]1C=C[C@@H]3[C@H]2C(=O)N(c3ccccc3)C(=O)[C@@H]21. The van der Waals surface area contributed by atoms with Crippen molar-refractivity contribution in [2.45, 2.75) is 31.7 Å². The van der Waals surface area contributed by atoms with Crippen LogP contribution in [0.2, 0.25) is 0 Å².